The van der Waals surface area contributed by atoms with Crippen LogP contribution in [0.15, 0.2) is 42.6 Å². The highest BCUT2D eigenvalue weighted by atomic mass is 16.5. The molecule has 1 unspecified atom stereocenters. The summed E-state index contributed by atoms with van der Waals surface area (Å²) in [5.74, 6) is 1.40. The molecule has 1 aliphatic heterocycles. The lowest BCUT2D eigenvalue weighted by molar-refractivity contribution is 0.111. The van der Waals surface area contributed by atoms with Crippen LogP contribution in [0.2, 0.25) is 0 Å². The van der Waals surface area contributed by atoms with Gasteiger partial charge in [0, 0.05) is 18.7 Å². The lowest BCUT2D eigenvalue weighted by Crippen LogP contribution is -2.19. The highest BCUT2D eigenvalue weighted by Crippen LogP contribution is 2.34. The van der Waals surface area contributed by atoms with Gasteiger partial charge >= 0.3 is 0 Å². The predicted octanol–water partition coefficient (Wildman–Crippen LogP) is 2.87. The van der Waals surface area contributed by atoms with E-state index >= 15 is 0 Å². The molecule has 92 valence electrons. The first-order chi connectivity index (χ1) is 8.88. The first kappa shape index (κ1) is 11.1. The summed E-state index contributed by atoms with van der Waals surface area (Å²) < 4.78 is 7.66. The van der Waals surface area contributed by atoms with E-state index in [4.69, 9.17) is 4.74 Å². The van der Waals surface area contributed by atoms with Crippen molar-refractivity contribution in [2.45, 2.75) is 18.9 Å². The van der Waals surface area contributed by atoms with Gasteiger partial charge in [-0.05, 0) is 30.2 Å². The molecule has 3 heteroatoms. The minimum absolute atomic E-state index is 0.418. The van der Waals surface area contributed by atoms with Crippen molar-refractivity contribution in [2.75, 3.05) is 6.61 Å². The zero-order chi connectivity index (χ0) is 12.4. The predicted molar refractivity (Wildman–Crippen MR) is 69.1 cm³/mol. The van der Waals surface area contributed by atoms with Crippen LogP contribution in [0.5, 0.6) is 5.75 Å². The number of aldehydes is 1. The highest BCUT2D eigenvalue weighted by Gasteiger charge is 2.21. The minimum Gasteiger partial charge on any atom is -0.493 e. The molecule has 0 bridgehead atoms. The van der Waals surface area contributed by atoms with Gasteiger partial charge in [-0.2, -0.15) is 0 Å². The van der Waals surface area contributed by atoms with Crippen LogP contribution in [0.4, 0.5) is 0 Å². The maximum Gasteiger partial charge on any atom is 0.166 e. The number of carbonyl (C=O) groups is 1. The Bertz CT molecular complexity index is 559. The van der Waals surface area contributed by atoms with E-state index in [-0.39, 0.29) is 0 Å². The van der Waals surface area contributed by atoms with E-state index in [9.17, 15) is 4.79 Å². The van der Waals surface area contributed by atoms with Crippen LogP contribution in [-0.2, 0) is 6.54 Å². The van der Waals surface area contributed by atoms with Crippen molar-refractivity contribution in [2.24, 2.45) is 0 Å². The molecular formula is C15H15NO2. The molecule has 18 heavy (non-hydrogen) atoms. The van der Waals surface area contributed by atoms with Crippen molar-refractivity contribution in [3.63, 3.8) is 0 Å². The molecule has 0 amide bonds. The van der Waals surface area contributed by atoms with Gasteiger partial charge in [-0.25, -0.2) is 0 Å². The van der Waals surface area contributed by atoms with Gasteiger partial charge in [-0.1, -0.05) is 18.2 Å². The smallest absolute Gasteiger partial charge is 0.166 e. The first-order valence-electron chi connectivity index (χ1n) is 6.20. The van der Waals surface area contributed by atoms with Crippen LogP contribution in [0, 0.1) is 0 Å². The van der Waals surface area contributed by atoms with Crippen LogP contribution in [0.25, 0.3) is 0 Å². The van der Waals surface area contributed by atoms with Gasteiger partial charge in [0.15, 0.2) is 6.29 Å². The van der Waals surface area contributed by atoms with Gasteiger partial charge in [-0.3, -0.25) is 4.79 Å². The van der Waals surface area contributed by atoms with Crippen molar-refractivity contribution < 1.29 is 9.53 Å². The summed E-state index contributed by atoms with van der Waals surface area (Å²) in [5, 5.41) is 0. The lowest BCUT2D eigenvalue weighted by atomic mass is 9.93. The number of hydrogen-bond donors (Lipinski definition) is 0. The molecule has 1 atom stereocenters. The second-order valence-electron chi connectivity index (χ2n) is 4.58. The van der Waals surface area contributed by atoms with Crippen LogP contribution in [-0.4, -0.2) is 17.5 Å². The quantitative estimate of drug-likeness (QED) is 0.774. The Labute approximate surface area is 106 Å². The Morgan fingerprint density at radius 1 is 1.28 bits per heavy atom. The normalized spacial score (nSPS) is 17.9. The molecule has 2 aromatic rings. The molecule has 3 nitrogen and oxygen atoms in total. The third kappa shape index (κ3) is 1.92. The molecule has 1 aromatic heterocycles. The van der Waals surface area contributed by atoms with Crippen molar-refractivity contribution in [3.05, 3.63) is 53.9 Å². The Morgan fingerprint density at radius 3 is 3.06 bits per heavy atom. The van der Waals surface area contributed by atoms with Gasteiger partial charge < -0.3 is 9.30 Å². The third-order valence-electron chi connectivity index (χ3n) is 3.49. The number of benzene rings is 1. The minimum atomic E-state index is 0.418. The molecule has 0 saturated heterocycles. The molecule has 0 radical (unpaired) electrons. The number of hydrogen-bond acceptors (Lipinski definition) is 2. The molecule has 2 heterocycles. The van der Waals surface area contributed by atoms with Crippen LogP contribution >= 0.6 is 0 Å². The van der Waals surface area contributed by atoms with Crippen LogP contribution in [0.3, 0.4) is 0 Å². The Morgan fingerprint density at radius 2 is 2.17 bits per heavy atom. The fourth-order valence-corrected chi connectivity index (χ4v) is 2.54. The van der Waals surface area contributed by atoms with Gasteiger partial charge in [0.2, 0.25) is 0 Å². The lowest BCUT2D eigenvalue weighted by Gasteiger charge is -2.26. The van der Waals surface area contributed by atoms with Crippen molar-refractivity contribution >= 4 is 6.29 Å². The van der Waals surface area contributed by atoms with Crippen molar-refractivity contribution in [1.82, 2.24) is 4.57 Å². The maximum absolute atomic E-state index is 10.9. The summed E-state index contributed by atoms with van der Waals surface area (Å²) >= 11 is 0. The number of carbonyl (C=O) groups excluding carboxylic acids is 1. The van der Waals surface area contributed by atoms with E-state index in [1.807, 2.05) is 41.1 Å². The van der Waals surface area contributed by atoms with Gasteiger partial charge in [0.25, 0.3) is 0 Å². The number of ether oxygens (including phenoxy) is 1. The summed E-state index contributed by atoms with van der Waals surface area (Å²) in [7, 11) is 0. The summed E-state index contributed by atoms with van der Waals surface area (Å²) in [4.78, 5) is 10.9. The SMILES string of the molecule is O=Cc1cccn1CC1CCOc2ccccc21. The number of para-hydroxylation sites is 1. The van der Waals surface area contributed by atoms with Crippen LogP contribution < -0.4 is 4.74 Å². The number of fused-ring (bicyclic) bond motifs is 1. The zero-order valence-corrected chi connectivity index (χ0v) is 10.1. The Kier molecular flexibility index (Phi) is 2.89. The summed E-state index contributed by atoms with van der Waals surface area (Å²) in [6.45, 7) is 1.58. The number of aromatic nitrogens is 1. The number of rotatable bonds is 3. The first-order valence-corrected chi connectivity index (χ1v) is 6.20. The summed E-state index contributed by atoms with van der Waals surface area (Å²) in [5.41, 5.74) is 1.98. The van der Waals surface area contributed by atoms with Crippen molar-refractivity contribution in [1.29, 1.82) is 0 Å². The average molecular weight is 241 g/mol. The average Bonchev–Trinajstić information content (AvgIpc) is 2.86. The van der Waals surface area contributed by atoms with E-state index in [2.05, 4.69) is 6.07 Å². The van der Waals surface area contributed by atoms with Gasteiger partial charge in [0.05, 0.1) is 12.3 Å². The van der Waals surface area contributed by atoms with Gasteiger partial charge in [0.1, 0.15) is 5.75 Å². The van der Waals surface area contributed by atoms with Crippen LogP contribution in [0.1, 0.15) is 28.4 Å². The fourth-order valence-electron chi connectivity index (χ4n) is 2.54. The topological polar surface area (TPSA) is 31.2 Å². The largest absolute Gasteiger partial charge is 0.493 e. The van der Waals surface area contributed by atoms with E-state index in [0.717, 1.165) is 37.3 Å². The van der Waals surface area contributed by atoms with Gasteiger partial charge in [-0.15, -0.1) is 0 Å². The number of nitrogens with zero attached hydrogens (tertiary/aromatic N) is 1. The van der Waals surface area contributed by atoms with Crippen molar-refractivity contribution in [3.8, 4) is 5.75 Å². The summed E-state index contributed by atoms with van der Waals surface area (Å²) in [6, 6.07) is 11.9. The zero-order valence-electron chi connectivity index (χ0n) is 10.1. The molecule has 0 spiro atoms. The fraction of sp³-hybridized carbons (Fsp3) is 0.267. The van der Waals surface area contributed by atoms with E-state index in [0.29, 0.717) is 5.92 Å². The van der Waals surface area contributed by atoms with E-state index in [1.54, 1.807) is 0 Å². The molecule has 0 fully saturated rings. The second-order valence-corrected chi connectivity index (χ2v) is 4.58. The Hall–Kier alpha value is -2.03. The van der Waals surface area contributed by atoms with E-state index in [1.165, 1.54) is 5.56 Å². The maximum atomic E-state index is 10.9. The highest BCUT2D eigenvalue weighted by molar-refractivity contribution is 5.72. The monoisotopic (exact) mass is 241 g/mol. The molecule has 0 saturated carbocycles. The molecule has 3 rings (SSSR count). The molecule has 1 aliphatic rings. The van der Waals surface area contributed by atoms with E-state index < -0.39 is 0 Å². The Balaban J connectivity index is 1.88. The standard InChI is InChI=1S/C15H15NO2/c17-11-13-4-3-8-16(13)10-12-7-9-18-15-6-2-1-5-14(12)15/h1-6,8,11-12H,7,9-10H2. The molecule has 0 N–H and O–H groups in total. The molecule has 1 aromatic carbocycles. The molecular weight excluding hydrogens is 226 g/mol. The third-order valence-corrected chi connectivity index (χ3v) is 3.49. The summed E-state index contributed by atoms with van der Waals surface area (Å²) in [6.07, 6.45) is 3.86. The molecule has 0 aliphatic carbocycles. The second kappa shape index (κ2) is 4.69.